The fourth-order valence-corrected chi connectivity index (χ4v) is 5.97. The molecule has 2 N–H and O–H groups in total. The van der Waals surface area contributed by atoms with Gasteiger partial charge in [0.25, 0.3) is 0 Å². The first kappa shape index (κ1) is 38.7. The first-order valence-electron chi connectivity index (χ1n) is 17.3. The van der Waals surface area contributed by atoms with Crippen molar-refractivity contribution in [3.63, 3.8) is 0 Å². The lowest BCUT2D eigenvalue weighted by Crippen LogP contribution is -2.43. The Hall–Kier alpha value is -0.340. The average Bonchev–Trinajstić information content (AvgIpc) is 3.30. The van der Waals surface area contributed by atoms with E-state index in [9.17, 15) is 10.2 Å². The lowest BCUT2D eigenvalue weighted by molar-refractivity contribution is -0.0600. The molecule has 0 amide bonds. The van der Waals surface area contributed by atoms with Crippen LogP contribution in [0.3, 0.4) is 0 Å². The normalized spacial score (nSPS) is 19.4. The van der Waals surface area contributed by atoms with E-state index in [1.165, 1.54) is 122 Å². The van der Waals surface area contributed by atoms with Gasteiger partial charge in [-0.1, -0.05) is 142 Å². The van der Waals surface area contributed by atoms with Gasteiger partial charge in [-0.3, -0.25) is 0 Å². The molecule has 242 valence electrons. The lowest BCUT2D eigenvalue weighted by Gasteiger charge is -2.27. The third kappa shape index (κ3) is 21.1. The van der Waals surface area contributed by atoms with Crippen molar-refractivity contribution >= 4 is 34.5 Å². The lowest BCUT2D eigenvalue weighted by atomic mass is 10.1. The van der Waals surface area contributed by atoms with Gasteiger partial charge in [0.15, 0.2) is 16.2 Å². The summed E-state index contributed by atoms with van der Waals surface area (Å²) in [5.41, 5.74) is 0. The van der Waals surface area contributed by atoms with E-state index in [0.29, 0.717) is 16.5 Å². The third-order valence-corrected chi connectivity index (χ3v) is 8.84. The maximum Gasteiger partial charge on any atom is 0.162 e. The predicted octanol–water partition coefficient (Wildman–Crippen LogP) is 9.57. The number of hydrogen-bond acceptors (Lipinski definition) is 7. The number of unbranched alkanes of at least 4 members (excludes halogenated alkanes) is 20. The summed E-state index contributed by atoms with van der Waals surface area (Å²) >= 11 is 11.0. The Morgan fingerprint density at radius 2 is 1.02 bits per heavy atom. The molecule has 5 nitrogen and oxygen atoms in total. The van der Waals surface area contributed by atoms with Gasteiger partial charge in [-0.05, 0) is 37.3 Å². The van der Waals surface area contributed by atoms with Gasteiger partial charge < -0.3 is 24.4 Å². The van der Waals surface area contributed by atoms with Crippen molar-refractivity contribution in [2.24, 2.45) is 0 Å². The van der Waals surface area contributed by atoms with Crippen LogP contribution in [0.4, 0.5) is 0 Å². The maximum absolute atomic E-state index is 10.4. The summed E-state index contributed by atoms with van der Waals surface area (Å²) in [6.07, 6.45) is 26.7. The first-order valence-corrected chi connectivity index (χ1v) is 18.1. The quantitative estimate of drug-likeness (QED) is 0.0670. The van der Waals surface area contributed by atoms with Crippen LogP contribution in [0.1, 0.15) is 168 Å². The molecule has 0 aliphatic carbocycles. The van der Waals surface area contributed by atoms with Crippen molar-refractivity contribution < 1.29 is 24.4 Å². The number of hydrogen-bond donors (Lipinski definition) is 2. The topological polar surface area (TPSA) is 68.2 Å². The Morgan fingerprint density at radius 1 is 0.634 bits per heavy atom. The van der Waals surface area contributed by atoms with Crippen molar-refractivity contribution in [1.29, 1.82) is 0 Å². The zero-order valence-electron chi connectivity index (χ0n) is 26.6. The van der Waals surface area contributed by atoms with Crippen molar-refractivity contribution in [3.05, 3.63) is 0 Å². The van der Waals surface area contributed by atoms with E-state index in [1.807, 2.05) is 0 Å². The number of rotatable bonds is 28. The molecule has 0 radical (unpaired) electrons. The van der Waals surface area contributed by atoms with Gasteiger partial charge >= 0.3 is 0 Å². The minimum atomic E-state index is -1.02. The zero-order valence-corrected chi connectivity index (χ0v) is 28.3. The van der Waals surface area contributed by atoms with E-state index < -0.39 is 24.4 Å². The first-order chi connectivity index (χ1) is 20.0. The molecule has 0 aromatic rings. The van der Waals surface area contributed by atoms with Crippen molar-refractivity contribution in [2.45, 2.75) is 192 Å². The van der Waals surface area contributed by atoms with Gasteiger partial charge in [0.05, 0.1) is 6.61 Å². The molecule has 0 saturated carbocycles. The Balaban J connectivity index is 2.20. The van der Waals surface area contributed by atoms with E-state index in [-0.39, 0.29) is 13.2 Å². The molecular formula is C34H64O5S2. The summed E-state index contributed by atoms with van der Waals surface area (Å²) in [6, 6.07) is 0. The number of aliphatic hydroxyl groups is 2. The minimum Gasteiger partial charge on any atom is -0.483 e. The second-order valence-corrected chi connectivity index (χ2v) is 13.0. The predicted molar refractivity (Wildman–Crippen MR) is 180 cm³/mol. The molecule has 1 aliphatic rings. The monoisotopic (exact) mass is 616 g/mol. The molecule has 1 rings (SSSR count). The third-order valence-electron chi connectivity index (χ3n) is 8.22. The molecular weight excluding hydrogens is 553 g/mol. The van der Waals surface area contributed by atoms with Crippen LogP contribution in [0.15, 0.2) is 0 Å². The molecule has 1 heterocycles. The highest BCUT2D eigenvalue weighted by atomic mass is 32.1. The Morgan fingerprint density at radius 3 is 1.41 bits per heavy atom. The van der Waals surface area contributed by atoms with Crippen LogP contribution in [0, 0.1) is 0 Å². The fraction of sp³-hybridized carbons (Fsp3) is 0.941. The van der Waals surface area contributed by atoms with E-state index in [4.69, 9.17) is 38.6 Å². The van der Waals surface area contributed by atoms with E-state index >= 15 is 0 Å². The maximum atomic E-state index is 10.4. The van der Waals surface area contributed by atoms with E-state index in [0.717, 1.165) is 25.7 Å². The van der Waals surface area contributed by atoms with Crippen LogP contribution in [0.2, 0.25) is 0 Å². The number of ether oxygens (including phenoxy) is 3. The summed E-state index contributed by atoms with van der Waals surface area (Å²) in [4.78, 5) is 0. The van der Waals surface area contributed by atoms with Gasteiger partial charge in [0.1, 0.15) is 24.9 Å². The summed E-state index contributed by atoms with van der Waals surface area (Å²) in [5, 5.41) is 21.5. The summed E-state index contributed by atoms with van der Waals surface area (Å²) in [6.45, 7) is 4.78. The summed E-state index contributed by atoms with van der Waals surface area (Å²) < 4.78 is 17.6. The van der Waals surface area contributed by atoms with Crippen molar-refractivity contribution in [1.82, 2.24) is 0 Å². The standard InChI is InChI=1S/C34H64O5S2/c1-3-5-7-9-11-13-15-17-19-21-23-25-31(40)37-28-30(34-33(36)29(35)27-38-34)39-32(41)26-24-22-20-18-16-14-12-10-8-6-4-2/h29-30,33-36H,3-28H2,1-2H3/t29-,30+,33-,34-/m1/s1. The van der Waals surface area contributed by atoms with Crippen LogP contribution in [-0.2, 0) is 14.2 Å². The van der Waals surface area contributed by atoms with Crippen LogP contribution < -0.4 is 0 Å². The minimum absolute atomic E-state index is 0.0836. The fourth-order valence-electron chi connectivity index (χ4n) is 5.49. The Labute approximate surface area is 263 Å². The summed E-state index contributed by atoms with van der Waals surface area (Å²) in [7, 11) is 0. The second kappa shape index (κ2) is 27.2. The van der Waals surface area contributed by atoms with Crippen LogP contribution in [-0.4, -0.2) is 57.9 Å². The largest absolute Gasteiger partial charge is 0.483 e. The van der Waals surface area contributed by atoms with Crippen LogP contribution in [0.5, 0.6) is 0 Å². The molecule has 7 heteroatoms. The Kier molecular flexibility index (Phi) is 25.7. The zero-order chi connectivity index (χ0) is 30.0. The number of thiocarbonyl (C=S) groups is 2. The van der Waals surface area contributed by atoms with E-state index in [2.05, 4.69) is 13.8 Å². The second-order valence-electron chi connectivity index (χ2n) is 12.1. The molecule has 1 saturated heterocycles. The van der Waals surface area contributed by atoms with Gasteiger partial charge in [-0.25, -0.2) is 0 Å². The molecule has 0 aromatic carbocycles. The van der Waals surface area contributed by atoms with Gasteiger partial charge in [-0.2, -0.15) is 0 Å². The molecule has 0 bridgehead atoms. The van der Waals surface area contributed by atoms with Gasteiger partial charge in [-0.15, -0.1) is 0 Å². The van der Waals surface area contributed by atoms with Crippen molar-refractivity contribution in [3.8, 4) is 0 Å². The molecule has 0 aromatic heterocycles. The highest BCUT2D eigenvalue weighted by Gasteiger charge is 2.41. The molecule has 41 heavy (non-hydrogen) atoms. The number of aliphatic hydroxyl groups excluding tert-OH is 2. The highest BCUT2D eigenvalue weighted by Crippen LogP contribution is 2.22. The molecule has 0 unspecified atom stereocenters. The van der Waals surface area contributed by atoms with Crippen LogP contribution in [0.25, 0.3) is 0 Å². The van der Waals surface area contributed by atoms with Gasteiger partial charge in [0.2, 0.25) is 0 Å². The average molecular weight is 617 g/mol. The molecule has 4 atom stereocenters. The molecule has 0 spiro atoms. The van der Waals surface area contributed by atoms with Gasteiger partial charge in [0, 0.05) is 12.8 Å². The summed E-state index contributed by atoms with van der Waals surface area (Å²) in [5.74, 6) is 0. The Bertz CT molecular complexity index is 632. The smallest absolute Gasteiger partial charge is 0.162 e. The molecule has 1 fully saturated rings. The molecule has 1 aliphatic heterocycles. The highest BCUT2D eigenvalue weighted by molar-refractivity contribution is 7.80. The SMILES string of the molecule is CCCCCCCCCCCCCC(=S)OC[C@H](OC(=S)CCCCCCCCCCCCC)[C@H]1OC[C@@H](O)[C@H]1O. The van der Waals surface area contributed by atoms with Crippen molar-refractivity contribution in [2.75, 3.05) is 13.2 Å². The van der Waals surface area contributed by atoms with Crippen LogP contribution >= 0.6 is 24.4 Å². The van der Waals surface area contributed by atoms with E-state index in [1.54, 1.807) is 0 Å².